The maximum atomic E-state index is 11.8. The number of hydrogen-bond acceptors (Lipinski definition) is 6. The van der Waals surface area contributed by atoms with Crippen LogP contribution in [0.15, 0.2) is 58.4 Å². The van der Waals surface area contributed by atoms with Gasteiger partial charge in [-0.05, 0) is 23.3 Å². The van der Waals surface area contributed by atoms with Crippen molar-refractivity contribution in [2.45, 2.75) is 17.6 Å². The van der Waals surface area contributed by atoms with E-state index in [1.54, 1.807) is 7.11 Å². The van der Waals surface area contributed by atoms with Crippen LogP contribution in [-0.2, 0) is 11.4 Å². The molecule has 1 aliphatic heterocycles. The summed E-state index contributed by atoms with van der Waals surface area (Å²) in [6, 6.07) is 15.7. The lowest BCUT2D eigenvalue weighted by Gasteiger charge is -2.27. The Bertz CT molecular complexity index is 1030. The number of ether oxygens (including phenoxy) is 2. The van der Waals surface area contributed by atoms with Gasteiger partial charge in [0.15, 0.2) is 11.5 Å². The Kier molecular flexibility index (Phi) is 5.54. The van der Waals surface area contributed by atoms with E-state index >= 15 is 0 Å². The zero-order valence-electron chi connectivity index (χ0n) is 15.2. The van der Waals surface area contributed by atoms with Gasteiger partial charge in [-0.1, -0.05) is 47.7 Å². The van der Waals surface area contributed by atoms with E-state index < -0.39 is 0 Å². The minimum Gasteiger partial charge on any atom is -0.493 e. The highest BCUT2D eigenvalue weighted by Gasteiger charge is 2.34. The van der Waals surface area contributed by atoms with Gasteiger partial charge in [-0.25, -0.2) is 0 Å². The zero-order chi connectivity index (χ0) is 19.5. The van der Waals surface area contributed by atoms with E-state index in [0.29, 0.717) is 23.9 Å². The molecule has 0 aliphatic carbocycles. The third-order valence-electron chi connectivity index (χ3n) is 4.73. The topological polar surface area (TPSA) is 68.4 Å². The van der Waals surface area contributed by atoms with Crippen LogP contribution in [-0.4, -0.2) is 24.1 Å². The first-order valence-electron chi connectivity index (χ1n) is 8.85. The van der Waals surface area contributed by atoms with Gasteiger partial charge in [0.05, 0.1) is 12.1 Å². The summed E-state index contributed by atoms with van der Waals surface area (Å²) in [5.41, 5.74) is 2.01. The summed E-state index contributed by atoms with van der Waals surface area (Å²) in [5.74, 6) is 1.55. The lowest BCUT2D eigenvalue weighted by molar-refractivity contribution is -0.110. The lowest BCUT2D eigenvalue weighted by atomic mass is 9.86. The fourth-order valence-electron chi connectivity index (χ4n) is 3.36. The molecule has 0 saturated carbocycles. The van der Waals surface area contributed by atoms with E-state index in [1.807, 2.05) is 48.5 Å². The van der Waals surface area contributed by atoms with E-state index in [4.69, 9.17) is 9.47 Å². The Balaban J connectivity index is 1.65. The van der Waals surface area contributed by atoms with Gasteiger partial charge < -0.3 is 19.3 Å². The molecule has 0 amide bonds. The summed E-state index contributed by atoms with van der Waals surface area (Å²) < 4.78 is 11.5. The molecule has 28 heavy (non-hydrogen) atoms. The summed E-state index contributed by atoms with van der Waals surface area (Å²) in [6.07, 6.45) is 0.983. The van der Waals surface area contributed by atoms with E-state index in [1.165, 1.54) is 23.1 Å². The second kappa shape index (κ2) is 8.24. The number of nitrogens with one attached hydrogen (secondary N) is 1. The van der Waals surface area contributed by atoms with Gasteiger partial charge in [0.25, 0.3) is 0 Å². The minimum atomic E-state index is -0.190. The van der Waals surface area contributed by atoms with Gasteiger partial charge in [-0.2, -0.15) is 0 Å². The lowest BCUT2D eigenvalue weighted by Crippen LogP contribution is -2.21. The van der Waals surface area contributed by atoms with Gasteiger partial charge in [-0.15, -0.1) is 11.8 Å². The standard InChI is InChI=1S/C21H19NO4S2/c1-25-17-9-14(7-8-16(17)26-11-13-5-3-2-4-6-13)18-15(10-23)12-27-20-19(18)28-21(24)22-20/h2-10,15,18H,11-12H2,1H3,(H,22,24). The number of hydrogen-bond donors (Lipinski definition) is 1. The molecule has 0 radical (unpaired) electrons. The molecule has 0 bridgehead atoms. The monoisotopic (exact) mass is 413 g/mol. The number of carbonyl (C=O) groups excluding carboxylic acids is 1. The van der Waals surface area contributed by atoms with Crippen LogP contribution in [0.1, 0.15) is 21.9 Å². The minimum absolute atomic E-state index is 0.0937. The Hall–Kier alpha value is -2.51. The Morgan fingerprint density at radius 3 is 2.75 bits per heavy atom. The van der Waals surface area contributed by atoms with Crippen LogP contribution in [0.5, 0.6) is 11.5 Å². The van der Waals surface area contributed by atoms with Crippen LogP contribution in [0.25, 0.3) is 0 Å². The number of aldehydes is 1. The number of carbonyl (C=O) groups is 1. The van der Waals surface area contributed by atoms with Crippen molar-refractivity contribution in [3.8, 4) is 11.5 Å². The molecule has 1 N–H and O–H groups in total. The van der Waals surface area contributed by atoms with E-state index in [9.17, 15) is 9.59 Å². The second-order valence-electron chi connectivity index (χ2n) is 6.48. The van der Waals surface area contributed by atoms with Gasteiger partial charge >= 0.3 is 4.87 Å². The second-order valence-corrected chi connectivity index (χ2v) is 8.53. The third kappa shape index (κ3) is 3.72. The van der Waals surface area contributed by atoms with Crippen molar-refractivity contribution in [1.82, 2.24) is 4.98 Å². The third-order valence-corrected chi connectivity index (χ3v) is 6.99. The van der Waals surface area contributed by atoms with Crippen molar-refractivity contribution in [1.29, 1.82) is 0 Å². The van der Waals surface area contributed by atoms with Crippen molar-refractivity contribution in [3.05, 3.63) is 74.2 Å². The first kappa shape index (κ1) is 18.8. The summed E-state index contributed by atoms with van der Waals surface area (Å²) in [5, 5.41) is 0.862. The number of thioether (sulfide) groups is 1. The largest absolute Gasteiger partial charge is 0.493 e. The normalized spacial score (nSPS) is 18.3. The van der Waals surface area contributed by atoms with Gasteiger partial charge in [-0.3, -0.25) is 4.79 Å². The van der Waals surface area contributed by atoms with E-state index in [-0.39, 0.29) is 16.7 Å². The number of rotatable bonds is 6. The number of H-pyrrole nitrogens is 1. The molecule has 2 aromatic carbocycles. The SMILES string of the molecule is COc1cc(C2c3sc(=O)[nH]c3SCC2C=O)ccc1OCc1ccccc1. The molecule has 4 rings (SSSR count). The van der Waals surface area contributed by atoms with Crippen LogP contribution in [0.2, 0.25) is 0 Å². The molecule has 0 spiro atoms. The quantitative estimate of drug-likeness (QED) is 0.617. The smallest absolute Gasteiger partial charge is 0.305 e. The van der Waals surface area contributed by atoms with Crippen LogP contribution >= 0.6 is 23.1 Å². The number of aromatic amines is 1. The molecule has 0 fully saturated rings. The van der Waals surface area contributed by atoms with Crippen LogP contribution in [0, 0.1) is 5.92 Å². The molecule has 0 saturated heterocycles. The maximum absolute atomic E-state index is 11.8. The van der Waals surface area contributed by atoms with Gasteiger partial charge in [0.2, 0.25) is 0 Å². The average Bonchev–Trinajstić information content (AvgIpc) is 3.12. The fraction of sp³-hybridized carbons (Fsp3) is 0.238. The summed E-state index contributed by atoms with van der Waals surface area (Å²) in [6.45, 7) is 0.442. The summed E-state index contributed by atoms with van der Waals surface area (Å²) in [4.78, 5) is 27.2. The molecule has 3 aromatic rings. The molecule has 1 aromatic heterocycles. The van der Waals surface area contributed by atoms with Crippen molar-refractivity contribution < 1.29 is 14.3 Å². The van der Waals surface area contributed by atoms with Crippen molar-refractivity contribution in [2.24, 2.45) is 5.92 Å². The van der Waals surface area contributed by atoms with E-state index in [0.717, 1.165) is 27.3 Å². The number of fused-ring (bicyclic) bond motifs is 1. The first-order valence-corrected chi connectivity index (χ1v) is 10.7. The van der Waals surface area contributed by atoms with Crippen molar-refractivity contribution in [2.75, 3.05) is 12.9 Å². The highest BCUT2D eigenvalue weighted by molar-refractivity contribution is 7.99. The van der Waals surface area contributed by atoms with Crippen molar-refractivity contribution in [3.63, 3.8) is 0 Å². The fourth-order valence-corrected chi connectivity index (χ4v) is 5.72. The number of thiazole rings is 1. The predicted molar refractivity (Wildman–Crippen MR) is 111 cm³/mol. The Labute approximate surface area is 170 Å². The molecule has 1 aliphatic rings. The predicted octanol–water partition coefficient (Wildman–Crippen LogP) is 4.08. The molecule has 2 atom stereocenters. The maximum Gasteiger partial charge on any atom is 0.305 e. The Morgan fingerprint density at radius 1 is 1.18 bits per heavy atom. The summed E-state index contributed by atoms with van der Waals surface area (Å²) in [7, 11) is 1.60. The van der Waals surface area contributed by atoms with Crippen molar-refractivity contribution >= 4 is 29.4 Å². The van der Waals surface area contributed by atoms with Gasteiger partial charge in [0.1, 0.15) is 12.9 Å². The van der Waals surface area contributed by atoms with Crippen LogP contribution in [0.4, 0.5) is 0 Å². The average molecular weight is 414 g/mol. The van der Waals surface area contributed by atoms with Crippen LogP contribution < -0.4 is 14.3 Å². The zero-order valence-corrected chi connectivity index (χ0v) is 16.8. The van der Waals surface area contributed by atoms with Gasteiger partial charge in [0, 0.05) is 22.5 Å². The molecule has 144 valence electrons. The molecule has 7 heteroatoms. The summed E-state index contributed by atoms with van der Waals surface area (Å²) >= 11 is 2.70. The molecular formula is C21H19NO4S2. The highest BCUT2D eigenvalue weighted by Crippen LogP contribution is 2.45. The molecule has 5 nitrogen and oxygen atoms in total. The molecule has 2 unspecified atom stereocenters. The Morgan fingerprint density at radius 2 is 2.00 bits per heavy atom. The molecular weight excluding hydrogens is 394 g/mol. The molecule has 2 heterocycles. The highest BCUT2D eigenvalue weighted by atomic mass is 32.2. The van der Waals surface area contributed by atoms with E-state index in [2.05, 4.69) is 4.98 Å². The number of methoxy groups -OCH3 is 1. The number of benzene rings is 2. The number of aromatic nitrogens is 1. The first-order chi connectivity index (χ1) is 13.7. The van der Waals surface area contributed by atoms with Crippen LogP contribution in [0.3, 0.4) is 0 Å².